The van der Waals surface area contributed by atoms with E-state index in [1.165, 1.54) is 11.1 Å². The van der Waals surface area contributed by atoms with Gasteiger partial charge in [0.25, 0.3) is 0 Å². The van der Waals surface area contributed by atoms with E-state index in [2.05, 4.69) is 20.3 Å². The summed E-state index contributed by atoms with van der Waals surface area (Å²) >= 11 is 6.11. The standard InChI is InChI=1S/C20H21ClF4N6O2/c1-2-33-11-4-15(19(32)29-9-20(23,24)25)31(8-11)18-14(22)7-28-17(30-18)13-6-27-16-12(13)3-10(21)5-26-16/h5-7,11-12,15H,2-4,8-9H2,1H3,(H,26,27)(H,29,32)/t11?,12?,15-/m0/s1. The molecule has 1 aromatic heterocycles. The molecule has 2 N–H and O–H groups in total. The molecule has 0 spiro atoms. The first-order valence-corrected chi connectivity index (χ1v) is 10.7. The number of amidine groups is 1. The summed E-state index contributed by atoms with van der Waals surface area (Å²) in [4.78, 5) is 26.6. The Kier molecular flexibility index (Phi) is 6.57. The highest BCUT2D eigenvalue weighted by Crippen LogP contribution is 2.36. The molecule has 4 rings (SSSR count). The molecule has 2 unspecified atom stereocenters. The van der Waals surface area contributed by atoms with E-state index in [-0.39, 0.29) is 30.5 Å². The highest BCUT2D eigenvalue weighted by atomic mass is 35.5. The molecule has 0 aliphatic carbocycles. The smallest absolute Gasteiger partial charge is 0.377 e. The second kappa shape index (κ2) is 9.26. The maximum Gasteiger partial charge on any atom is 0.405 e. The summed E-state index contributed by atoms with van der Waals surface area (Å²) in [5.41, 5.74) is 0.639. The lowest BCUT2D eigenvalue weighted by Gasteiger charge is -2.26. The van der Waals surface area contributed by atoms with Gasteiger partial charge in [-0.1, -0.05) is 11.6 Å². The predicted octanol–water partition coefficient (Wildman–Crippen LogP) is 2.72. The topological polar surface area (TPSA) is 91.7 Å². The highest BCUT2D eigenvalue weighted by molar-refractivity contribution is 6.30. The third kappa shape index (κ3) is 5.11. The van der Waals surface area contributed by atoms with E-state index in [4.69, 9.17) is 16.3 Å². The number of nitrogens with one attached hydrogen (secondary N) is 2. The van der Waals surface area contributed by atoms with Gasteiger partial charge in [0.2, 0.25) is 5.91 Å². The minimum atomic E-state index is -4.57. The Morgan fingerprint density at radius 1 is 1.42 bits per heavy atom. The van der Waals surface area contributed by atoms with Gasteiger partial charge in [0, 0.05) is 42.6 Å². The zero-order chi connectivity index (χ0) is 23.8. The van der Waals surface area contributed by atoms with Crippen molar-refractivity contribution in [2.24, 2.45) is 10.9 Å². The second-order valence-corrected chi connectivity index (χ2v) is 8.26. The number of nitrogens with zero attached hydrogens (tertiary/aromatic N) is 4. The minimum absolute atomic E-state index is 0.0906. The molecule has 33 heavy (non-hydrogen) atoms. The van der Waals surface area contributed by atoms with Crippen LogP contribution in [0.1, 0.15) is 25.6 Å². The second-order valence-electron chi connectivity index (χ2n) is 7.77. The van der Waals surface area contributed by atoms with Crippen LogP contribution < -0.4 is 15.5 Å². The number of hydrogen-bond donors (Lipinski definition) is 2. The lowest BCUT2D eigenvalue weighted by atomic mass is 9.95. The van der Waals surface area contributed by atoms with Gasteiger partial charge in [-0.25, -0.2) is 19.4 Å². The molecule has 0 radical (unpaired) electrons. The lowest BCUT2D eigenvalue weighted by Crippen LogP contribution is -2.46. The van der Waals surface area contributed by atoms with Gasteiger partial charge < -0.3 is 20.3 Å². The molecule has 4 heterocycles. The Morgan fingerprint density at radius 2 is 2.21 bits per heavy atom. The van der Waals surface area contributed by atoms with E-state index in [0.717, 1.165) is 6.20 Å². The number of allylic oxidation sites excluding steroid dienone is 1. The first-order valence-electron chi connectivity index (χ1n) is 10.3. The van der Waals surface area contributed by atoms with Gasteiger partial charge in [0.15, 0.2) is 17.5 Å². The van der Waals surface area contributed by atoms with Crippen LogP contribution >= 0.6 is 11.6 Å². The number of amides is 1. The maximum atomic E-state index is 14.8. The molecule has 8 nitrogen and oxygen atoms in total. The third-order valence-corrected chi connectivity index (χ3v) is 5.76. The van der Waals surface area contributed by atoms with Gasteiger partial charge in [0.05, 0.1) is 18.2 Å². The molecule has 0 bridgehead atoms. The van der Waals surface area contributed by atoms with Crippen LogP contribution in [-0.4, -0.2) is 59.7 Å². The number of halogens is 5. The first kappa shape index (κ1) is 23.4. The zero-order valence-corrected chi connectivity index (χ0v) is 18.3. The van der Waals surface area contributed by atoms with Gasteiger partial charge in [-0.2, -0.15) is 13.2 Å². The van der Waals surface area contributed by atoms with E-state index in [1.807, 2.05) is 5.32 Å². The predicted molar refractivity (Wildman–Crippen MR) is 113 cm³/mol. The molecule has 1 fully saturated rings. The van der Waals surface area contributed by atoms with Crippen LogP contribution in [0.15, 0.2) is 28.6 Å². The van der Waals surface area contributed by atoms with Crippen molar-refractivity contribution in [1.29, 1.82) is 0 Å². The normalized spacial score (nSPS) is 24.6. The Balaban J connectivity index is 1.61. The largest absolute Gasteiger partial charge is 0.405 e. The number of alkyl halides is 3. The summed E-state index contributed by atoms with van der Waals surface area (Å²) in [5, 5.41) is 5.44. The highest BCUT2D eigenvalue weighted by Gasteiger charge is 2.41. The van der Waals surface area contributed by atoms with Crippen LogP contribution in [0.5, 0.6) is 0 Å². The molecule has 178 valence electrons. The summed E-state index contributed by atoms with van der Waals surface area (Å²) in [6.07, 6.45) is -0.299. The molecule has 13 heteroatoms. The van der Waals surface area contributed by atoms with E-state index < -0.39 is 36.6 Å². The number of fused-ring (bicyclic) bond motifs is 1. The molecule has 3 aliphatic rings. The Bertz CT molecular complexity index is 1030. The van der Waals surface area contributed by atoms with Gasteiger partial charge in [-0.15, -0.1) is 0 Å². The van der Waals surface area contributed by atoms with Gasteiger partial charge in [-0.05, 0) is 13.3 Å². The molecule has 0 saturated carbocycles. The van der Waals surface area contributed by atoms with E-state index >= 15 is 0 Å². The van der Waals surface area contributed by atoms with Crippen LogP contribution in [0.25, 0.3) is 5.57 Å². The number of aliphatic imine (C=N–C) groups is 1. The van der Waals surface area contributed by atoms with Crippen LogP contribution in [-0.2, 0) is 9.53 Å². The Hall–Kier alpha value is -2.73. The van der Waals surface area contributed by atoms with Crippen molar-refractivity contribution in [3.8, 4) is 0 Å². The molecule has 1 amide bonds. The molecule has 3 aliphatic heterocycles. The summed E-state index contributed by atoms with van der Waals surface area (Å²) < 4.78 is 58.2. The van der Waals surface area contributed by atoms with Crippen molar-refractivity contribution in [3.05, 3.63) is 35.3 Å². The summed E-state index contributed by atoms with van der Waals surface area (Å²) in [6.45, 7) is 0.702. The van der Waals surface area contributed by atoms with Crippen LogP contribution in [0.3, 0.4) is 0 Å². The average Bonchev–Trinajstić information content (AvgIpc) is 3.36. The van der Waals surface area contributed by atoms with Crippen LogP contribution in [0, 0.1) is 11.7 Å². The maximum absolute atomic E-state index is 14.8. The zero-order valence-electron chi connectivity index (χ0n) is 17.5. The van der Waals surface area contributed by atoms with E-state index in [9.17, 15) is 22.4 Å². The SMILES string of the molecule is CCOC1C[C@@H](C(=O)NCC(F)(F)F)N(c2nc(C3=CNC4=NC=C(Cl)CC34)ncc2F)C1. The Morgan fingerprint density at radius 3 is 2.94 bits per heavy atom. The number of anilines is 1. The lowest BCUT2D eigenvalue weighted by molar-refractivity contribution is -0.139. The summed E-state index contributed by atoms with van der Waals surface area (Å²) in [5.74, 6) is -1.24. The number of carbonyl (C=O) groups is 1. The quantitative estimate of drug-likeness (QED) is 0.598. The van der Waals surface area contributed by atoms with Crippen molar-refractivity contribution >= 4 is 34.7 Å². The van der Waals surface area contributed by atoms with E-state index in [1.54, 1.807) is 13.1 Å². The molecule has 0 aromatic carbocycles. The molecule has 1 aromatic rings. The Labute approximate surface area is 191 Å². The summed E-state index contributed by atoms with van der Waals surface area (Å²) in [6, 6.07) is -1.08. The fourth-order valence-corrected chi connectivity index (χ4v) is 4.29. The van der Waals surface area contributed by atoms with E-state index in [0.29, 0.717) is 29.5 Å². The van der Waals surface area contributed by atoms with Crippen molar-refractivity contribution in [2.45, 2.75) is 38.1 Å². The van der Waals surface area contributed by atoms with Crippen LogP contribution in [0.2, 0.25) is 0 Å². The van der Waals surface area contributed by atoms with Crippen molar-refractivity contribution in [1.82, 2.24) is 20.6 Å². The van der Waals surface area contributed by atoms with Crippen molar-refractivity contribution < 1.29 is 27.1 Å². The van der Waals surface area contributed by atoms with Crippen molar-refractivity contribution in [3.63, 3.8) is 0 Å². The molecule has 3 atom stereocenters. The summed E-state index contributed by atoms with van der Waals surface area (Å²) in [7, 11) is 0. The molecular weight excluding hydrogens is 468 g/mol. The van der Waals surface area contributed by atoms with Gasteiger partial charge in [-0.3, -0.25) is 4.79 Å². The average molecular weight is 489 g/mol. The minimum Gasteiger partial charge on any atom is -0.377 e. The fourth-order valence-electron chi connectivity index (χ4n) is 4.08. The number of aromatic nitrogens is 2. The molecular formula is C20H21ClF4N6O2. The first-order chi connectivity index (χ1) is 15.7. The van der Waals surface area contributed by atoms with Gasteiger partial charge >= 0.3 is 6.18 Å². The number of ether oxygens (including phenoxy) is 1. The van der Waals surface area contributed by atoms with Crippen molar-refractivity contribution in [2.75, 3.05) is 24.6 Å². The number of carbonyl (C=O) groups excluding carboxylic acids is 1. The fraction of sp³-hybridized carbons (Fsp3) is 0.500. The number of rotatable bonds is 6. The third-order valence-electron chi connectivity index (χ3n) is 5.51. The van der Waals surface area contributed by atoms with Crippen LogP contribution in [0.4, 0.5) is 23.4 Å². The monoisotopic (exact) mass is 488 g/mol. The molecule has 1 saturated heterocycles. The van der Waals surface area contributed by atoms with Gasteiger partial charge in [0.1, 0.15) is 18.4 Å². The number of hydrogen-bond acceptors (Lipinski definition) is 7.